The van der Waals surface area contributed by atoms with Crippen LogP contribution in [0.4, 0.5) is 0 Å². The molecule has 0 spiro atoms. The Bertz CT molecular complexity index is 992. The highest BCUT2D eigenvalue weighted by Crippen LogP contribution is 2.34. The van der Waals surface area contributed by atoms with Gasteiger partial charge in [0, 0.05) is 29.4 Å². The monoisotopic (exact) mass is 466 g/mol. The number of fused-ring (bicyclic) bond motifs is 1. The van der Waals surface area contributed by atoms with Crippen molar-refractivity contribution < 1.29 is 17.9 Å². The van der Waals surface area contributed by atoms with Crippen LogP contribution < -0.4 is 14.8 Å². The van der Waals surface area contributed by atoms with Gasteiger partial charge in [-0.2, -0.15) is 0 Å². The van der Waals surface area contributed by atoms with Crippen molar-refractivity contribution in [2.45, 2.75) is 37.6 Å². The molecule has 0 aromatic heterocycles. The summed E-state index contributed by atoms with van der Waals surface area (Å²) < 4.78 is 33.8. The highest BCUT2D eigenvalue weighted by molar-refractivity contribution is 9.10. The maximum absolute atomic E-state index is 12.4. The number of nitrogens with one attached hydrogen (secondary N) is 2. The molecule has 8 heteroatoms. The van der Waals surface area contributed by atoms with Crippen LogP contribution in [0.1, 0.15) is 35.6 Å². The fraction of sp³-hybridized carbons (Fsp3) is 0.350. The predicted octanol–water partition coefficient (Wildman–Crippen LogP) is 3.37. The van der Waals surface area contributed by atoms with Crippen molar-refractivity contribution in [1.82, 2.24) is 10.0 Å². The molecular formula is C20H23BrN2O4S. The maximum atomic E-state index is 12.4. The normalized spacial score (nSPS) is 16.2. The molecule has 0 saturated carbocycles. The Morgan fingerprint density at radius 3 is 2.71 bits per heavy atom. The molecule has 6 nitrogen and oxygen atoms in total. The van der Waals surface area contributed by atoms with Crippen molar-refractivity contribution in [3.05, 3.63) is 57.6 Å². The zero-order chi connectivity index (χ0) is 20.3. The Balaban J connectivity index is 1.57. The zero-order valence-electron chi connectivity index (χ0n) is 15.8. The van der Waals surface area contributed by atoms with Gasteiger partial charge in [0.15, 0.2) is 0 Å². The summed E-state index contributed by atoms with van der Waals surface area (Å²) in [6.07, 6.45) is 0.730. The number of carbonyl (C=O) groups excluding carboxylic acids is 1. The van der Waals surface area contributed by atoms with Crippen LogP contribution in [0.2, 0.25) is 0 Å². The first-order valence-corrected chi connectivity index (χ1v) is 11.3. The minimum absolute atomic E-state index is 0.0374. The third-order valence-electron chi connectivity index (χ3n) is 4.78. The van der Waals surface area contributed by atoms with Crippen LogP contribution in [-0.4, -0.2) is 27.5 Å². The summed E-state index contributed by atoms with van der Waals surface area (Å²) in [5.74, 6) is 0.552. The largest absolute Gasteiger partial charge is 0.493 e. The molecule has 1 amide bonds. The second kappa shape index (κ2) is 8.63. The zero-order valence-corrected chi connectivity index (χ0v) is 18.2. The summed E-state index contributed by atoms with van der Waals surface area (Å²) in [4.78, 5) is 12.5. The Hall–Kier alpha value is -1.90. The third kappa shape index (κ3) is 4.92. The van der Waals surface area contributed by atoms with Gasteiger partial charge in [-0.3, -0.25) is 4.79 Å². The number of aryl methyl sites for hydroxylation is 2. The van der Waals surface area contributed by atoms with E-state index < -0.39 is 10.0 Å². The average Bonchev–Trinajstić information content (AvgIpc) is 2.64. The van der Waals surface area contributed by atoms with Crippen molar-refractivity contribution in [2.75, 3.05) is 13.2 Å². The topological polar surface area (TPSA) is 84.5 Å². The lowest BCUT2D eigenvalue weighted by Gasteiger charge is -2.27. The summed E-state index contributed by atoms with van der Waals surface area (Å²) in [5, 5.41) is 2.97. The molecule has 1 aliphatic heterocycles. The quantitative estimate of drug-likeness (QED) is 0.683. The Morgan fingerprint density at radius 2 is 1.96 bits per heavy atom. The minimum atomic E-state index is -3.64. The fourth-order valence-electron chi connectivity index (χ4n) is 3.05. The van der Waals surface area contributed by atoms with Gasteiger partial charge in [0.05, 0.1) is 17.5 Å². The minimum Gasteiger partial charge on any atom is -0.493 e. The van der Waals surface area contributed by atoms with Gasteiger partial charge in [-0.05, 0) is 55.3 Å². The van der Waals surface area contributed by atoms with E-state index >= 15 is 0 Å². The van der Waals surface area contributed by atoms with Gasteiger partial charge in [0.25, 0.3) is 0 Å². The number of rotatable bonds is 6. The number of sulfonamides is 1. The van der Waals surface area contributed by atoms with Gasteiger partial charge in [0.1, 0.15) is 5.75 Å². The van der Waals surface area contributed by atoms with Gasteiger partial charge in [-0.1, -0.05) is 22.0 Å². The van der Waals surface area contributed by atoms with Crippen LogP contribution in [0, 0.1) is 13.8 Å². The van der Waals surface area contributed by atoms with E-state index in [1.165, 1.54) is 0 Å². The van der Waals surface area contributed by atoms with Crippen LogP contribution in [-0.2, 0) is 14.8 Å². The number of ether oxygens (including phenoxy) is 1. The summed E-state index contributed by atoms with van der Waals surface area (Å²) in [6.45, 7) is 4.36. The number of carbonyl (C=O) groups is 1. The Morgan fingerprint density at radius 1 is 1.18 bits per heavy atom. The Labute approximate surface area is 173 Å². The first-order valence-electron chi connectivity index (χ1n) is 9.05. The van der Waals surface area contributed by atoms with Crippen LogP contribution in [0.5, 0.6) is 5.75 Å². The van der Waals surface area contributed by atoms with E-state index in [4.69, 9.17) is 4.74 Å². The number of amides is 1. The molecule has 2 aromatic carbocycles. The first kappa shape index (κ1) is 20.8. The van der Waals surface area contributed by atoms with Crippen LogP contribution in [0.15, 0.2) is 45.8 Å². The van der Waals surface area contributed by atoms with Gasteiger partial charge in [-0.15, -0.1) is 0 Å². The maximum Gasteiger partial charge on any atom is 0.240 e. The van der Waals surface area contributed by atoms with E-state index in [0.29, 0.717) is 13.0 Å². The fourth-order valence-corrected chi connectivity index (χ4v) is 4.54. The highest BCUT2D eigenvalue weighted by Gasteiger charge is 2.23. The van der Waals surface area contributed by atoms with Gasteiger partial charge in [-0.25, -0.2) is 13.1 Å². The van der Waals surface area contributed by atoms with E-state index in [1.54, 1.807) is 18.2 Å². The van der Waals surface area contributed by atoms with Crippen molar-refractivity contribution in [1.29, 1.82) is 0 Å². The van der Waals surface area contributed by atoms with Gasteiger partial charge < -0.3 is 10.1 Å². The molecule has 1 aliphatic rings. The Kier molecular flexibility index (Phi) is 6.42. The standard InChI is InChI=1S/C20H23BrN2O4S/c1-13-3-5-16(11-14(13)2)28(25,26)22-9-7-20(24)23-18-8-10-27-19-6-4-15(21)12-17(18)19/h3-6,11-12,18,22H,7-10H2,1-2H3,(H,23,24). The molecule has 1 unspecified atom stereocenters. The van der Waals surface area contributed by atoms with Crippen LogP contribution >= 0.6 is 15.9 Å². The third-order valence-corrected chi connectivity index (χ3v) is 6.73. The van der Waals surface area contributed by atoms with E-state index in [1.807, 2.05) is 32.0 Å². The predicted molar refractivity (Wildman–Crippen MR) is 111 cm³/mol. The highest BCUT2D eigenvalue weighted by atomic mass is 79.9. The van der Waals surface area contributed by atoms with Crippen molar-refractivity contribution in [2.24, 2.45) is 0 Å². The van der Waals surface area contributed by atoms with Gasteiger partial charge >= 0.3 is 0 Å². The van der Waals surface area contributed by atoms with Crippen LogP contribution in [0.3, 0.4) is 0 Å². The summed E-state index contributed by atoms with van der Waals surface area (Å²) in [7, 11) is -3.64. The molecule has 0 fully saturated rings. The molecule has 2 aromatic rings. The second-order valence-electron chi connectivity index (χ2n) is 6.83. The first-order chi connectivity index (χ1) is 13.3. The molecule has 3 rings (SSSR count). The lowest BCUT2D eigenvalue weighted by molar-refractivity contribution is -0.121. The number of halogens is 1. The number of benzene rings is 2. The summed E-state index contributed by atoms with van der Waals surface area (Å²) in [5.41, 5.74) is 2.86. The molecule has 0 saturated heterocycles. The van der Waals surface area contributed by atoms with E-state index in [9.17, 15) is 13.2 Å². The molecule has 0 aliphatic carbocycles. The second-order valence-corrected chi connectivity index (χ2v) is 9.52. The van der Waals surface area contributed by atoms with E-state index in [2.05, 4.69) is 26.0 Å². The molecule has 0 radical (unpaired) electrons. The van der Waals surface area contributed by atoms with E-state index in [0.717, 1.165) is 26.9 Å². The SMILES string of the molecule is Cc1ccc(S(=O)(=O)NCCC(=O)NC2CCOc3ccc(Br)cc32)cc1C. The van der Waals surface area contributed by atoms with E-state index in [-0.39, 0.29) is 29.8 Å². The smallest absolute Gasteiger partial charge is 0.240 e. The van der Waals surface area contributed by atoms with Crippen molar-refractivity contribution in [3.8, 4) is 5.75 Å². The molecule has 28 heavy (non-hydrogen) atoms. The molecule has 1 heterocycles. The lowest BCUT2D eigenvalue weighted by atomic mass is 10.0. The molecule has 1 atom stereocenters. The molecule has 0 bridgehead atoms. The number of hydrogen-bond donors (Lipinski definition) is 2. The van der Waals surface area contributed by atoms with Crippen molar-refractivity contribution in [3.63, 3.8) is 0 Å². The molecule has 150 valence electrons. The van der Waals surface area contributed by atoms with Crippen LogP contribution in [0.25, 0.3) is 0 Å². The molecule has 2 N–H and O–H groups in total. The summed E-state index contributed by atoms with van der Waals surface area (Å²) in [6, 6.07) is 10.5. The van der Waals surface area contributed by atoms with Crippen molar-refractivity contribution >= 4 is 31.9 Å². The lowest BCUT2D eigenvalue weighted by Crippen LogP contribution is -2.35. The average molecular weight is 467 g/mol. The molecular weight excluding hydrogens is 444 g/mol. The number of hydrogen-bond acceptors (Lipinski definition) is 4. The van der Waals surface area contributed by atoms with Gasteiger partial charge in [0.2, 0.25) is 15.9 Å². The summed E-state index contributed by atoms with van der Waals surface area (Å²) >= 11 is 3.43.